The second-order valence-corrected chi connectivity index (χ2v) is 4.33. The molecule has 0 aliphatic rings. The monoisotopic (exact) mass is 233 g/mol. The molecule has 0 radical (unpaired) electrons. The van der Waals surface area contributed by atoms with Gasteiger partial charge in [-0.2, -0.15) is 0 Å². The maximum Gasteiger partial charge on any atom is 0.217 e. The summed E-state index contributed by atoms with van der Waals surface area (Å²) >= 11 is 0. The van der Waals surface area contributed by atoms with Gasteiger partial charge in [0.05, 0.1) is 5.92 Å². The molecule has 1 aromatic rings. The summed E-state index contributed by atoms with van der Waals surface area (Å²) in [5.41, 5.74) is 2.31. The van der Waals surface area contributed by atoms with Gasteiger partial charge in [0.2, 0.25) is 6.21 Å². The lowest BCUT2D eigenvalue weighted by molar-refractivity contribution is -0.723. The van der Waals surface area contributed by atoms with Gasteiger partial charge in [-0.05, 0) is 32.3 Å². The van der Waals surface area contributed by atoms with Crippen molar-refractivity contribution in [3.8, 4) is 0 Å². The van der Waals surface area contributed by atoms with Gasteiger partial charge >= 0.3 is 0 Å². The SMILES string of the molecule is CC(C)=CCCC(/C=[N+](\[O-])O)c1ccccc1. The van der Waals surface area contributed by atoms with Crippen LogP contribution in [0.15, 0.2) is 42.0 Å². The predicted molar refractivity (Wildman–Crippen MR) is 69.3 cm³/mol. The molecule has 0 heterocycles. The van der Waals surface area contributed by atoms with E-state index in [9.17, 15) is 5.21 Å². The fourth-order valence-electron chi connectivity index (χ4n) is 1.73. The third-order valence-electron chi connectivity index (χ3n) is 2.57. The Balaban J connectivity index is 2.75. The molecule has 1 atom stereocenters. The molecule has 92 valence electrons. The van der Waals surface area contributed by atoms with Gasteiger partial charge in [0.25, 0.3) is 0 Å². The Bertz CT molecular complexity index is 388. The van der Waals surface area contributed by atoms with Crippen LogP contribution in [0.5, 0.6) is 0 Å². The van der Waals surface area contributed by atoms with E-state index in [-0.39, 0.29) is 10.8 Å². The average molecular weight is 233 g/mol. The normalized spacial score (nSPS) is 13.2. The zero-order valence-electron chi connectivity index (χ0n) is 10.3. The molecule has 0 fully saturated rings. The van der Waals surface area contributed by atoms with Crippen LogP contribution in [0, 0.1) is 5.21 Å². The highest BCUT2D eigenvalue weighted by Gasteiger charge is 2.12. The van der Waals surface area contributed by atoms with Crippen molar-refractivity contribution in [1.29, 1.82) is 0 Å². The molecule has 0 bridgehead atoms. The molecular formula is C14H19NO2. The molecule has 1 aromatic carbocycles. The highest BCUT2D eigenvalue weighted by molar-refractivity contribution is 5.63. The molecule has 0 spiro atoms. The number of allylic oxidation sites excluding steroid dienone is 2. The predicted octanol–water partition coefficient (Wildman–Crippen LogP) is 3.49. The first-order valence-electron chi connectivity index (χ1n) is 5.78. The summed E-state index contributed by atoms with van der Waals surface area (Å²) in [4.78, 5) is -0.0970. The smallest absolute Gasteiger partial charge is 0.217 e. The molecule has 0 saturated carbocycles. The van der Waals surface area contributed by atoms with E-state index in [1.165, 1.54) is 11.8 Å². The summed E-state index contributed by atoms with van der Waals surface area (Å²) in [5, 5.41) is 19.5. The Morgan fingerprint density at radius 3 is 2.53 bits per heavy atom. The van der Waals surface area contributed by atoms with Crippen molar-refractivity contribution >= 4 is 6.21 Å². The van der Waals surface area contributed by atoms with Gasteiger partial charge in [-0.1, -0.05) is 42.0 Å². The Labute approximate surface area is 102 Å². The van der Waals surface area contributed by atoms with Crippen LogP contribution in [0.2, 0.25) is 0 Å². The second kappa shape index (κ2) is 6.74. The zero-order chi connectivity index (χ0) is 12.7. The molecule has 0 amide bonds. The molecule has 0 saturated heterocycles. The Hall–Kier alpha value is -1.77. The third kappa shape index (κ3) is 5.20. The number of nitrogens with zero attached hydrogens (tertiary/aromatic N) is 1. The fourth-order valence-corrected chi connectivity index (χ4v) is 1.73. The summed E-state index contributed by atoms with van der Waals surface area (Å²) in [6.45, 7) is 4.10. The molecule has 0 aromatic heterocycles. The molecule has 3 heteroatoms. The lowest BCUT2D eigenvalue weighted by atomic mass is 9.95. The summed E-state index contributed by atoms with van der Waals surface area (Å²) in [6, 6.07) is 9.73. The van der Waals surface area contributed by atoms with E-state index >= 15 is 0 Å². The lowest BCUT2D eigenvalue weighted by Crippen LogP contribution is -2.08. The molecule has 1 N–H and O–H groups in total. The maximum atomic E-state index is 10.7. The number of benzene rings is 1. The molecule has 0 aliphatic heterocycles. The van der Waals surface area contributed by atoms with Crippen LogP contribution in [0.4, 0.5) is 0 Å². The van der Waals surface area contributed by atoms with Crippen LogP contribution in [0.25, 0.3) is 0 Å². The molecular weight excluding hydrogens is 214 g/mol. The van der Waals surface area contributed by atoms with Crippen LogP contribution in [-0.4, -0.2) is 16.3 Å². The number of hydrogen-bond donors (Lipinski definition) is 1. The Kier molecular flexibility index (Phi) is 5.27. The van der Waals surface area contributed by atoms with Gasteiger partial charge in [-0.25, -0.2) is 0 Å². The zero-order valence-corrected chi connectivity index (χ0v) is 10.3. The van der Waals surface area contributed by atoms with Gasteiger partial charge in [0.15, 0.2) is 0 Å². The quantitative estimate of drug-likeness (QED) is 0.278. The van der Waals surface area contributed by atoms with Gasteiger partial charge < -0.3 is 5.21 Å². The Morgan fingerprint density at radius 2 is 2.00 bits per heavy atom. The first-order valence-corrected chi connectivity index (χ1v) is 5.78. The number of rotatable bonds is 5. The van der Waals surface area contributed by atoms with Crippen molar-refractivity contribution in [2.75, 3.05) is 0 Å². The van der Waals surface area contributed by atoms with E-state index in [4.69, 9.17) is 5.21 Å². The van der Waals surface area contributed by atoms with Crippen molar-refractivity contribution in [1.82, 2.24) is 0 Å². The highest BCUT2D eigenvalue weighted by Crippen LogP contribution is 2.19. The van der Waals surface area contributed by atoms with E-state index in [0.29, 0.717) is 0 Å². The van der Waals surface area contributed by atoms with Crippen molar-refractivity contribution in [3.63, 3.8) is 0 Å². The highest BCUT2D eigenvalue weighted by atomic mass is 16.8. The first kappa shape index (κ1) is 13.3. The standard InChI is InChI=1S/C14H19NO2/c1-12(2)7-6-10-14(11-15(16)17)13-8-4-3-5-9-13/h3-5,7-9,11,14H,6,10H2,1-2H3,(H,16,17). The number of hydrogen-bond acceptors (Lipinski definition) is 2. The van der Waals surface area contributed by atoms with E-state index < -0.39 is 0 Å². The van der Waals surface area contributed by atoms with Crippen LogP contribution in [0.3, 0.4) is 0 Å². The maximum absolute atomic E-state index is 10.7. The largest absolute Gasteiger partial charge is 0.418 e. The summed E-state index contributed by atoms with van der Waals surface area (Å²) in [5.74, 6) is -0.0469. The summed E-state index contributed by atoms with van der Waals surface area (Å²) in [6.07, 6.45) is 5.14. The van der Waals surface area contributed by atoms with Crippen molar-refractivity contribution < 1.29 is 10.1 Å². The minimum atomic E-state index is -0.0970. The summed E-state index contributed by atoms with van der Waals surface area (Å²) < 4.78 is 0. The van der Waals surface area contributed by atoms with Gasteiger partial charge in [0.1, 0.15) is 0 Å². The third-order valence-corrected chi connectivity index (χ3v) is 2.57. The van der Waals surface area contributed by atoms with Crippen LogP contribution >= 0.6 is 0 Å². The molecule has 0 aliphatic carbocycles. The fraction of sp³-hybridized carbons (Fsp3) is 0.357. The minimum absolute atomic E-state index is 0.0469. The second-order valence-electron chi connectivity index (χ2n) is 4.33. The Morgan fingerprint density at radius 1 is 1.35 bits per heavy atom. The van der Waals surface area contributed by atoms with Crippen molar-refractivity contribution in [3.05, 3.63) is 52.8 Å². The van der Waals surface area contributed by atoms with E-state index in [2.05, 4.69) is 6.08 Å². The molecule has 1 rings (SSSR count). The topological polar surface area (TPSA) is 46.3 Å². The first-order chi connectivity index (χ1) is 8.09. The van der Waals surface area contributed by atoms with Gasteiger partial charge in [-0.3, -0.25) is 5.21 Å². The molecule has 17 heavy (non-hydrogen) atoms. The van der Waals surface area contributed by atoms with Crippen molar-refractivity contribution in [2.24, 2.45) is 0 Å². The average Bonchev–Trinajstić information content (AvgIpc) is 2.28. The van der Waals surface area contributed by atoms with E-state index in [0.717, 1.165) is 18.4 Å². The molecule has 1 unspecified atom stereocenters. The van der Waals surface area contributed by atoms with Gasteiger partial charge in [-0.15, -0.1) is 0 Å². The van der Waals surface area contributed by atoms with E-state index in [1.807, 2.05) is 44.2 Å². The van der Waals surface area contributed by atoms with Crippen molar-refractivity contribution in [2.45, 2.75) is 32.6 Å². The lowest BCUT2D eigenvalue weighted by Gasteiger charge is -2.08. The summed E-state index contributed by atoms with van der Waals surface area (Å²) in [7, 11) is 0. The van der Waals surface area contributed by atoms with Crippen LogP contribution in [-0.2, 0) is 0 Å². The minimum Gasteiger partial charge on any atom is -0.418 e. The van der Waals surface area contributed by atoms with Crippen LogP contribution in [0.1, 0.15) is 38.2 Å². The van der Waals surface area contributed by atoms with Crippen LogP contribution < -0.4 is 0 Å². The van der Waals surface area contributed by atoms with E-state index in [1.54, 1.807) is 0 Å². The van der Waals surface area contributed by atoms with Gasteiger partial charge in [0, 0.05) is 4.90 Å². The molecule has 3 nitrogen and oxygen atoms in total.